The topological polar surface area (TPSA) is 92.7 Å². The molecule has 0 fully saturated rings. The van der Waals surface area contributed by atoms with Crippen molar-refractivity contribution in [2.45, 2.75) is 24.8 Å². The summed E-state index contributed by atoms with van der Waals surface area (Å²) in [6.45, 7) is 4.09. The first-order valence-corrected chi connectivity index (χ1v) is 8.47. The maximum atomic E-state index is 12.0. The average Bonchev–Trinajstić information content (AvgIpc) is 2.67. The van der Waals surface area contributed by atoms with E-state index in [4.69, 9.17) is 9.84 Å². The summed E-state index contributed by atoms with van der Waals surface area (Å²) in [5.74, 6) is -1.16. The van der Waals surface area contributed by atoms with Crippen LogP contribution in [0.4, 0.5) is 0 Å². The lowest BCUT2D eigenvalue weighted by atomic mass is 10.5. The van der Waals surface area contributed by atoms with E-state index in [2.05, 4.69) is 20.7 Å². The Morgan fingerprint density at radius 2 is 2.21 bits per heavy atom. The van der Waals surface area contributed by atoms with Gasteiger partial charge in [-0.3, -0.25) is 0 Å². The van der Waals surface area contributed by atoms with E-state index in [1.807, 2.05) is 13.8 Å². The minimum absolute atomic E-state index is 0.0241. The van der Waals surface area contributed by atoms with Crippen LogP contribution >= 0.6 is 27.3 Å². The lowest BCUT2D eigenvalue weighted by Crippen LogP contribution is -2.28. The molecule has 19 heavy (non-hydrogen) atoms. The zero-order valence-corrected chi connectivity index (χ0v) is 13.6. The lowest BCUT2D eigenvalue weighted by Gasteiger charge is -2.08. The molecule has 6 nitrogen and oxygen atoms in total. The normalized spacial score (nSPS) is 12.0. The summed E-state index contributed by atoms with van der Waals surface area (Å²) in [6.07, 6.45) is 0.0241. The maximum absolute atomic E-state index is 12.0. The van der Waals surface area contributed by atoms with Crippen molar-refractivity contribution in [3.63, 3.8) is 0 Å². The Bertz CT molecular complexity index is 552. The van der Waals surface area contributed by atoms with Gasteiger partial charge >= 0.3 is 5.97 Å². The van der Waals surface area contributed by atoms with Gasteiger partial charge in [-0.2, -0.15) is 0 Å². The van der Waals surface area contributed by atoms with Gasteiger partial charge in [0.25, 0.3) is 0 Å². The van der Waals surface area contributed by atoms with E-state index >= 15 is 0 Å². The molecule has 0 atom stereocenters. The number of sulfonamides is 1. The van der Waals surface area contributed by atoms with Gasteiger partial charge in [-0.15, -0.1) is 11.3 Å². The highest BCUT2D eigenvalue weighted by Crippen LogP contribution is 2.31. The quantitative estimate of drug-likeness (QED) is 0.714. The van der Waals surface area contributed by atoms with Crippen molar-refractivity contribution in [3.8, 4) is 0 Å². The first kappa shape index (κ1) is 16.6. The number of carboxylic acids is 1. The number of thiophene rings is 1. The number of carboxylic acid groups (broad SMARTS) is 1. The van der Waals surface area contributed by atoms with Crippen LogP contribution in [-0.2, 0) is 14.8 Å². The number of nitrogens with one attached hydrogen (secondary N) is 1. The van der Waals surface area contributed by atoms with Crippen LogP contribution in [-0.4, -0.2) is 38.7 Å². The van der Waals surface area contributed by atoms with Crippen LogP contribution in [0.25, 0.3) is 0 Å². The molecule has 0 saturated carbocycles. The van der Waals surface area contributed by atoms with Gasteiger partial charge < -0.3 is 9.84 Å². The molecule has 0 radical (unpaired) electrons. The third kappa shape index (κ3) is 4.84. The Kier molecular flexibility index (Phi) is 5.93. The van der Waals surface area contributed by atoms with Gasteiger partial charge in [0.2, 0.25) is 10.0 Å². The minimum Gasteiger partial charge on any atom is -0.477 e. The molecule has 0 unspecified atom stereocenters. The summed E-state index contributed by atoms with van der Waals surface area (Å²) < 4.78 is 31.7. The average molecular weight is 372 g/mol. The van der Waals surface area contributed by atoms with E-state index < -0.39 is 16.0 Å². The summed E-state index contributed by atoms with van der Waals surface area (Å²) in [4.78, 5) is 10.7. The molecule has 0 aliphatic carbocycles. The van der Waals surface area contributed by atoms with Crippen molar-refractivity contribution in [1.29, 1.82) is 0 Å². The van der Waals surface area contributed by atoms with Crippen LogP contribution in [0.5, 0.6) is 0 Å². The SMILES string of the molecule is CC(C)OCCNS(=O)(=O)c1cc(C(=O)O)sc1Br. The molecule has 1 aromatic rings. The third-order valence-corrected chi connectivity index (χ3v) is 5.70. The molecule has 0 amide bonds. The molecule has 2 N–H and O–H groups in total. The van der Waals surface area contributed by atoms with Crippen LogP contribution in [0.1, 0.15) is 23.5 Å². The largest absolute Gasteiger partial charge is 0.477 e. The molecule has 0 aromatic carbocycles. The number of hydrogen-bond donors (Lipinski definition) is 2. The van der Waals surface area contributed by atoms with Crippen LogP contribution in [0.2, 0.25) is 0 Å². The van der Waals surface area contributed by atoms with E-state index in [0.29, 0.717) is 0 Å². The van der Waals surface area contributed by atoms with Crippen molar-refractivity contribution in [1.82, 2.24) is 4.72 Å². The molecular weight excluding hydrogens is 358 g/mol. The van der Waals surface area contributed by atoms with Crippen molar-refractivity contribution in [2.24, 2.45) is 0 Å². The van der Waals surface area contributed by atoms with Crippen molar-refractivity contribution in [2.75, 3.05) is 13.2 Å². The van der Waals surface area contributed by atoms with Gasteiger partial charge in [0.15, 0.2) is 0 Å². The third-order valence-electron chi connectivity index (χ3n) is 2.00. The fourth-order valence-corrected chi connectivity index (χ4v) is 4.60. The fraction of sp³-hybridized carbons (Fsp3) is 0.500. The number of carbonyl (C=O) groups is 1. The molecule has 0 aliphatic rings. The standard InChI is InChI=1S/C10H14BrNO5S2/c1-6(2)17-4-3-12-19(15,16)8-5-7(10(13)14)18-9(8)11/h5-6,12H,3-4H2,1-2H3,(H,13,14). The Hall–Kier alpha value is -0.480. The van der Waals surface area contributed by atoms with E-state index in [1.54, 1.807) is 0 Å². The maximum Gasteiger partial charge on any atom is 0.345 e. The molecule has 108 valence electrons. The second-order valence-electron chi connectivity index (χ2n) is 3.87. The summed E-state index contributed by atoms with van der Waals surface area (Å²) >= 11 is 3.92. The van der Waals surface area contributed by atoms with E-state index in [1.165, 1.54) is 0 Å². The van der Waals surface area contributed by atoms with Crippen molar-refractivity contribution < 1.29 is 23.1 Å². The molecule has 1 rings (SSSR count). The monoisotopic (exact) mass is 371 g/mol. The van der Waals surface area contributed by atoms with E-state index in [-0.39, 0.29) is 32.8 Å². The number of rotatable bonds is 7. The van der Waals surface area contributed by atoms with Crippen LogP contribution in [0.3, 0.4) is 0 Å². The highest BCUT2D eigenvalue weighted by molar-refractivity contribution is 9.11. The second kappa shape index (κ2) is 6.80. The number of halogens is 1. The summed E-state index contributed by atoms with van der Waals surface area (Å²) in [5, 5.41) is 8.82. The molecule has 0 spiro atoms. The van der Waals surface area contributed by atoms with Gasteiger partial charge in [-0.1, -0.05) is 0 Å². The first-order chi connectivity index (χ1) is 8.74. The van der Waals surface area contributed by atoms with Crippen LogP contribution in [0, 0.1) is 0 Å². The van der Waals surface area contributed by atoms with Gasteiger partial charge in [0.1, 0.15) is 9.77 Å². The van der Waals surface area contributed by atoms with Crippen LogP contribution < -0.4 is 4.72 Å². The van der Waals surface area contributed by atoms with E-state index in [0.717, 1.165) is 17.4 Å². The summed E-state index contributed by atoms with van der Waals surface area (Å²) in [7, 11) is -3.73. The molecule has 1 aromatic heterocycles. The Labute approximate surface area is 124 Å². The van der Waals surface area contributed by atoms with Crippen molar-refractivity contribution >= 4 is 43.3 Å². The van der Waals surface area contributed by atoms with Gasteiger partial charge in [0, 0.05) is 6.54 Å². The minimum atomic E-state index is -3.73. The Balaban J connectivity index is 2.75. The Morgan fingerprint density at radius 3 is 2.68 bits per heavy atom. The molecule has 0 bridgehead atoms. The number of ether oxygens (including phenoxy) is 1. The lowest BCUT2D eigenvalue weighted by molar-refractivity contribution is 0.0702. The Morgan fingerprint density at radius 1 is 1.58 bits per heavy atom. The molecule has 1 heterocycles. The number of aromatic carboxylic acids is 1. The van der Waals surface area contributed by atoms with Gasteiger partial charge in [-0.05, 0) is 35.8 Å². The zero-order valence-electron chi connectivity index (χ0n) is 10.3. The predicted molar refractivity (Wildman–Crippen MR) is 75.3 cm³/mol. The molecule has 0 saturated heterocycles. The number of hydrogen-bond acceptors (Lipinski definition) is 5. The molecule has 9 heteroatoms. The summed E-state index contributed by atoms with van der Waals surface area (Å²) in [5.41, 5.74) is 0. The van der Waals surface area contributed by atoms with Gasteiger partial charge in [0.05, 0.1) is 16.5 Å². The summed E-state index contributed by atoms with van der Waals surface area (Å²) in [6, 6.07) is 1.13. The van der Waals surface area contributed by atoms with Crippen molar-refractivity contribution in [3.05, 3.63) is 14.7 Å². The smallest absolute Gasteiger partial charge is 0.345 e. The van der Waals surface area contributed by atoms with Crippen LogP contribution in [0.15, 0.2) is 14.7 Å². The van der Waals surface area contributed by atoms with Gasteiger partial charge in [-0.25, -0.2) is 17.9 Å². The van der Waals surface area contributed by atoms with E-state index in [9.17, 15) is 13.2 Å². The second-order valence-corrected chi connectivity index (χ2v) is 7.98. The molecule has 0 aliphatic heterocycles. The highest BCUT2D eigenvalue weighted by Gasteiger charge is 2.22. The first-order valence-electron chi connectivity index (χ1n) is 5.38. The zero-order chi connectivity index (χ0) is 14.6. The molecular formula is C10H14BrNO5S2. The fourth-order valence-electron chi connectivity index (χ4n) is 1.19. The predicted octanol–water partition coefficient (Wildman–Crippen LogP) is 1.91. The highest BCUT2D eigenvalue weighted by atomic mass is 79.9.